The molecule has 14 N–H and O–H groups in total. The fourth-order valence-electron chi connectivity index (χ4n) is 7.94. The summed E-state index contributed by atoms with van der Waals surface area (Å²) in [5.74, 6) is -1.35. The number of aromatic hydroxyl groups is 2. The van der Waals surface area contributed by atoms with Crippen LogP contribution in [-0.4, -0.2) is 82.5 Å². The van der Waals surface area contributed by atoms with E-state index in [0.717, 1.165) is 47.6 Å². The summed E-state index contributed by atoms with van der Waals surface area (Å²) in [4.78, 5) is 53.3. The number of carbonyl (C=O) groups excluding carboxylic acids is 3. The molecule has 0 unspecified atom stereocenters. The van der Waals surface area contributed by atoms with Gasteiger partial charge in [-0.25, -0.2) is 0 Å². The molecule has 4 aromatic carbocycles. The first kappa shape index (κ1) is 48.3. The molecule has 0 saturated carbocycles. The van der Waals surface area contributed by atoms with E-state index < -0.39 is 41.9 Å². The highest BCUT2D eigenvalue weighted by Crippen LogP contribution is 2.30. The van der Waals surface area contributed by atoms with E-state index in [9.17, 15) is 19.8 Å². The molecule has 0 bridgehead atoms. The molecule has 4 atom stereocenters. The summed E-state index contributed by atoms with van der Waals surface area (Å²) < 4.78 is 0. The van der Waals surface area contributed by atoms with E-state index >= 15 is 4.79 Å². The maximum Gasteiger partial charge on any atom is 0.246 e. The Labute approximate surface area is 365 Å². The van der Waals surface area contributed by atoms with Crippen molar-refractivity contribution in [3.8, 4) is 11.5 Å². The molecule has 4 rings (SSSR count). The highest BCUT2D eigenvalue weighted by molar-refractivity contribution is 5.93. The molecule has 0 aliphatic heterocycles. The van der Waals surface area contributed by atoms with Gasteiger partial charge < -0.3 is 54.4 Å². The van der Waals surface area contributed by atoms with Crippen LogP contribution >= 0.6 is 0 Å². The minimum atomic E-state index is -1.17. The molecular formula is C47H66N10O5. The summed E-state index contributed by atoms with van der Waals surface area (Å²) in [6.45, 7) is 10.3. The Morgan fingerprint density at radius 2 is 1.18 bits per heavy atom. The Bertz CT molecular complexity index is 2190. The number of carbonyl (C=O) groups is 3. The number of nitrogens with two attached hydrogens (primary N) is 5. The number of nitrogens with zero attached hydrogens (tertiary/aromatic N) is 3. The molecule has 0 radical (unpaired) electrons. The van der Waals surface area contributed by atoms with Crippen LogP contribution < -0.4 is 39.3 Å². The Balaban J connectivity index is 1.76. The first-order chi connectivity index (χ1) is 29.5. The van der Waals surface area contributed by atoms with Crippen molar-refractivity contribution in [2.45, 2.75) is 110 Å². The number of rotatable bonds is 23. The molecule has 0 fully saturated rings. The summed E-state index contributed by atoms with van der Waals surface area (Å²) in [6, 6.07) is 17.3. The molecule has 62 heavy (non-hydrogen) atoms. The van der Waals surface area contributed by atoms with Gasteiger partial charge in [-0.3, -0.25) is 24.4 Å². The second-order valence-corrected chi connectivity index (χ2v) is 16.2. The van der Waals surface area contributed by atoms with E-state index in [2.05, 4.69) is 20.6 Å². The number of aliphatic imine (C=N–C) groups is 2. The molecular weight excluding hydrogens is 785 g/mol. The van der Waals surface area contributed by atoms with E-state index in [1.807, 2.05) is 75.4 Å². The smallest absolute Gasteiger partial charge is 0.246 e. The van der Waals surface area contributed by atoms with Gasteiger partial charge in [-0.2, -0.15) is 0 Å². The lowest BCUT2D eigenvalue weighted by Crippen LogP contribution is -2.58. The fourth-order valence-corrected chi connectivity index (χ4v) is 7.94. The number of hydrogen-bond donors (Lipinski definition) is 9. The average molecular weight is 851 g/mol. The summed E-state index contributed by atoms with van der Waals surface area (Å²) in [5.41, 5.74) is 33.1. The van der Waals surface area contributed by atoms with Crippen LogP contribution in [0.2, 0.25) is 0 Å². The molecule has 0 aromatic heterocycles. The number of primary amides is 1. The zero-order chi connectivity index (χ0) is 45.5. The van der Waals surface area contributed by atoms with Crippen molar-refractivity contribution in [2.24, 2.45) is 38.7 Å². The normalized spacial score (nSPS) is 13.1. The van der Waals surface area contributed by atoms with Gasteiger partial charge in [-0.05, 0) is 129 Å². The summed E-state index contributed by atoms with van der Waals surface area (Å²) in [5, 5.41) is 29.7. The maximum absolute atomic E-state index is 15.4. The Hall–Kier alpha value is -6.35. The molecule has 4 aromatic rings. The molecule has 0 saturated heterocycles. The van der Waals surface area contributed by atoms with Crippen LogP contribution in [0.1, 0.15) is 90.4 Å². The van der Waals surface area contributed by atoms with Crippen molar-refractivity contribution in [3.05, 3.63) is 106 Å². The number of aryl methyl sites for hydroxylation is 4. The van der Waals surface area contributed by atoms with Crippen molar-refractivity contribution >= 4 is 40.4 Å². The minimum Gasteiger partial charge on any atom is -0.507 e. The SMILES string of the molecule is Cc1cc(C[C@H](NCCCCCCN=C(N)N)C(=O)N[C@@H](Cc2cc(C)c(O)c(C)c2)C(=O)N([C@H](C)c2ccc3ccccc3c2)[C@@H](CCCN=C(N)N)C(N)=O)cc(C)c1O. The lowest BCUT2D eigenvalue weighted by atomic mass is 9.95. The minimum absolute atomic E-state index is 0.0485. The van der Waals surface area contributed by atoms with E-state index in [0.29, 0.717) is 47.3 Å². The zero-order valence-electron chi connectivity index (χ0n) is 36.8. The quantitative estimate of drug-likeness (QED) is 0.0294. The van der Waals surface area contributed by atoms with E-state index in [-0.39, 0.29) is 49.2 Å². The number of unbranched alkanes of at least 4 members (excludes halogenated alkanes) is 3. The topological polar surface area (TPSA) is 274 Å². The molecule has 0 aliphatic carbocycles. The van der Waals surface area contributed by atoms with Crippen molar-refractivity contribution in [3.63, 3.8) is 0 Å². The third-order valence-corrected chi connectivity index (χ3v) is 11.2. The standard InChI is InChI=1S/C47H66N10O5/c1-28-21-33(22-29(2)41(28)58)25-38(53-18-10-6-7-11-19-54-46(49)50)44(61)56-39(26-34-23-30(3)42(59)31(4)24-34)45(62)57(40(43(48)60)15-12-20-55-47(51)52)32(5)36-17-16-35-13-8-9-14-37(35)27-36/h8-9,13-14,16-17,21-24,27,32,38-40,53,58-59H,6-7,10-12,15,18-20,25-26H2,1-5H3,(H2,48,60)(H,56,61)(H4,49,50,54)(H4,51,52,55)/t32-,38+,39+,40+/m1/s1. The monoisotopic (exact) mass is 851 g/mol. The third-order valence-electron chi connectivity index (χ3n) is 11.2. The summed E-state index contributed by atoms with van der Waals surface area (Å²) in [6.07, 6.45) is 4.18. The molecule has 15 heteroatoms. The molecule has 0 heterocycles. The van der Waals surface area contributed by atoms with Gasteiger partial charge in [0.15, 0.2) is 11.9 Å². The van der Waals surface area contributed by atoms with Crippen LogP contribution in [0, 0.1) is 27.7 Å². The second kappa shape index (κ2) is 23.0. The highest BCUT2D eigenvalue weighted by Gasteiger charge is 2.38. The zero-order valence-corrected chi connectivity index (χ0v) is 36.8. The number of phenolic OH excluding ortho intramolecular Hbond substituents is 2. The average Bonchev–Trinajstić information content (AvgIpc) is 3.22. The number of guanidine groups is 2. The van der Waals surface area contributed by atoms with Gasteiger partial charge in [0.25, 0.3) is 0 Å². The summed E-state index contributed by atoms with van der Waals surface area (Å²) in [7, 11) is 0. The molecule has 0 aliphatic rings. The van der Waals surface area contributed by atoms with Crippen molar-refractivity contribution in [2.75, 3.05) is 19.6 Å². The Kier molecular flexibility index (Phi) is 17.9. The van der Waals surface area contributed by atoms with Gasteiger partial charge in [-0.15, -0.1) is 0 Å². The highest BCUT2D eigenvalue weighted by atomic mass is 16.3. The first-order valence-electron chi connectivity index (χ1n) is 21.3. The van der Waals surface area contributed by atoms with Crippen LogP contribution in [-0.2, 0) is 27.2 Å². The summed E-state index contributed by atoms with van der Waals surface area (Å²) >= 11 is 0. The van der Waals surface area contributed by atoms with Crippen LogP contribution in [0.15, 0.2) is 76.7 Å². The number of phenols is 2. The van der Waals surface area contributed by atoms with Crippen LogP contribution in [0.3, 0.4) is 0 Å². The van der Waals surface area contributed by atoms with E-state index in [1.54, 1.807) is 26.0 Å². The van der Waals surface area contributed by atoms with Crippen molar-refractivity contribution in [1.82, 2.24) is 15.5 Å². The van der Waals surface area contributed by atoms with Crippen LogP contribution in [0.4, 0.5) is 0 Å². The number of hydrogen-bond acceptors (Lipinski definition) is 8. The van der Waals surface area contributed by atoms with Gasteiger partial charge >= 0.3 is 0 Å². The lowest BCUT2D eigenvalue weighted by molar-refractivity contribution is -0.145. The van der Waals surface area contributed by atoms with Gasteiger partial charge in [0.05, 0.1) is 12.1 Å². The number of amides is 3. The third kappa shape index (κ3) is 13.8. The lowest BCUT2D eigenvalue weighted by Gasteiger charge is -2.38. The second-order valence-electron chi connectivity index (χ2n) is 16.2. The van der Waals surface area contributed by atoms with Crippen molar-refractivity contribution < 1.29 is 24.6 Å². The van der Waals surface area contributed by atoms with Crippen molar-refractivity contribution in [1.29, 1.82) is 0 Å². The number of fused-ring (bicyclic) bond motifs is 1. The predicted molar refractivity (Wildman–Crippen MR) is 248 cm³/mol. The fraction of sp³-hybridized carbons (Fsp3) is 0.426. The van der Waals surface area contributed by atoms with Gasteiger partial charge in [-0.1, -0.05) is 73.5 Å². The Morgan fingerprint density at radius 1 is 0.661 bits per heavy atom. The van der Waals surface area contributed by atoms with Gasteiger partial charge in [0.1, 0.15) is 23.6 Å². The van der Waals surface area contributed by atoms with Crippen LogP contribution in [0.5, 0.6) is 11.5 Å². The molecule has 3 amide bonds. The van der Waals surface area contributed by atoms with E-state index in [1.165, 1.54) is 4.90 Å². The molecule has 15 nitrogen and oxygen atoms in total. The largest absolute Gasteiger partial charge is 0.507 e. The predicted octanol–water partition coefficient (Wildman–Crippen LogP) is 4.04. The van der Waals surface area contributed by atoms with Gasteiger partial charge in [0.2, 0.25) is 17.7 Å². The number of benzene rings is 4. The maximum atomic E-state index is 15.4. The molecule has 0 spiro atoms. The Morgan fingerprint density at radius 3 is 1.73 bits per heavy atom. The molecule has 334 valence electrons. The van der Waals surface area contributed by atoms with Crippen LogP contribution in [0.25, 0.3) is 10.8 Å². The van der Waals surface area contributed by atoms with Gasteiger partial charge in [0, 0.05) is 19.5 Å². The first-order valence-corrected chi connectivity index (χ1v) is 21.3. The van der Waals surface area contributed by atoms with E-state index in [4.69, 9.17) is 28.7 Å². The number of nitrogens with one attached hydrogen (secondary N) is 2.